The number of nitrogens with zero attached hydrogens (tertiary/aromatic N) is 1. The van der Waals surface area contributed by atoms with Crippen molar-refractivity contribution in [1.29, 1.82) is 0 Å². The van der Waals surface area contributed by atoms with Gasteiger partial charge in [0, 0.05) is 24.7 Å². The predicted octanol–water partition coefficient (Wildman–Crippen LogP) is 3.33. The van der Waals surface area contributed by atoms with Crippen LogP contribution in [-0.2, 0) is 14.3 Å². The second-order valence-corrected chi connectivity index (χ2v) is 8.15. The molecule has 1 unspecified atom stereocenters. The Bertz CT molecular complexity index is 564. The van der Waals surface area contributed by atoms with Gasteiger partial charge in [-0.25, -0.2) is 4.79 Å². The standard InChI is InChI=1S/C21H34N2O3/c1-3-17-10-5-8-14-23(17)15-9-13-22-19(24)18-16(2)20(25)26-21(18)11-6-4-7-12-21/h17H,3-15H2,1-2H3,(H,22,24). The van der Waals surface area contributed by atoms with E-state index in [-0.39, 0.29) is 11.9 Å². The Balaban J connectivity index is 1.53. The fourth-order valence-electron chi connectivity index (χ4n) is 4.99. The van der Waals surface area contributed by atoms with E-state index in [1.165, 1.54) is 32.2 Å². The molecule has 1 aliphatic carbocycles. The summed E-state index contributed by atoms with van der Waals surface area (Å²) in [5.41, 5.74) is 0.460. The van der Waals surface area contributed by atoms with Crippen LogP contribution in [0.3, 0.4) is 0 Å². The summed E-state index contributed by atoms with van der Waals surface area (Å²) in [6.07, 6.45) is 10.9. The molecule has 1 saturated carbocycles. The van der Waals surface area contributed by atoms with Crippen LogP contribution in [0.5, 0.6) is 0 Å². The highest BCUT2D eigenvalue weighted by molar-refractivity contribution is 6.07. The summed E-state index contributed by atoms with van der Waals surface area (Å²) < 4.78 is 5.68. The van der Waals surface area contributed by atoms with Crippen molar-refractivity contribution in [3.63, 3.8) is 0 Å². The maximum absolute atomic E-state index is 12.8. The van der Waals surface area contributed by atoms with E-state index in [9.17, 15) is 9.59 Å². The molecule has 146 valence electrons. The molecule has 5 nitrogen and oxygen atoms in total. The maximum Gasteiger partial charge on any atom is 0.335 e. The first-order chi connectivity index (χ1) is 12.6. The van der Waals surface area contributed by atoms with Gasteiger partial charge in [0.2, 0.25) is 0 Å². The van der Waals surface area contributed by atoms with Crippen molar-refractivity contribution in [3.8, 4) is 0 Å². The number of carbonyl (C=O) groups is 2. The number of piperidine rings is 1. The zero-order valence-electron chi connectivity index (χ0n) is 16.4. The van der Waals surface area contributed by atoms with Crippen LogP contribution in [0.4, 0.5) is 0 Å². The topological polar surface area (TPSA) is 58.6 Å². The molecule has 2 heterocycles. The van der Waals surface area contributed by atoms with Crippen molar-refractivity contribution < 1.29 is 14.3 Å². The van der Waals surface area contributed by atoms with Crippen LogP contribution in [0, 0.1) is 0 Å². The Labute approximate surface area is 157 Å². The summed E-state index contributed by atoms with van der Waals surface area (Å²) in [5.74, 6) is -0.405. The monoisotopic (exact) mass is 362 g/mol. The highest BCUT2D eigenvalue weighted by Crippen LogP contribution is 2.43. The third-order valence-corrected chi connectivity index (χ3v) is 6.44. The van der Waals surface area contributed by atoms with E-state index in [0.29, 0.717) is 23.7 Å². The van der Waals surface area contributed by atoms with E-state index in [2.05, 4.69) is 17.1 Å². The summed E-state index contributed by atoms with van der Waals surface area (Å²) in [6, 6.07) is 0.704. The van der Waals surface area contributed by atoms with Crippen LogP contribution in [0.1, 0.15) is 78.1 Å². The third kappa shape index (κ3) is 3.98. The van der Waals surface area contributed by atoms with E-state index >= 15 is 0 Å². The average molecular weight is 363 g/mol. The molecule has 1 spiro atoms. The second kappa shape index (κ2) is 8.55. The molecule has 0 bridgehead atoms. The summed E-state index contributed by atoms with van der Waals surface area (Å²) in [5, 5.41) is 3.06. The molecule has 3 rings (SSSR count). The molecule has 26 heavy (non-hydrogen) atoms. The Hall–Kier alpha value is -1.36. The molecular formula is C21H34N2O3. The summed E-state index contributed by atoms with van der Waals surface area (Å²) in [6.45, 7) is 6.88. The molecule has 2 fully saturated rings. The first kappa shape index (κ1) is 19.4. The molecular weight excluding hydrogens is 328 g/mol. The quantitative estimate of drug-likeness (QED) is 0.582. The van der Waals surface area contributed by atoms with Gasteiger partial charge in [-0.3, -0.25) is 4.79 Å². The number of ether oxygens (including phenoxy) is 1. The van der Waals surface area contributed by atoms with E-state index in [1.807, 2.05) is 0 Å². The normalized spacial score (nSPS) is 26.2. The average Bonchev–Trinajstić information content (AvgIpc) is 2.89. The summed E-state index contributed by atoms with van der Waals surface area (Å²) >= 11 is 0. The number of hydrogen-bond donors (Lipinski definition) is 1. The zero-order chi connectivity index (χ0) is 18.6. The van der Waals surface area contributed by atoms with Crippen molar-refractivity contribution in [2.75, 3.05) is 19.6 Å². The van der Waals surface area contributed by atoms with Gasteiger partial charge in [-0.15, -0.1) is 0 Å². The van der Waals surface area contributed by atoms with Gasteiger partial charge in [0.15, 0.2) is 0 Å². The number of hydrogen-bond acceptors (Lipinski definition) is 4. The van der Waals surface area contributed by atoms with Crippen LogP contribution in [0.15, 0.2) is 11.1 Å². The minimum atomic E-state index is -0.649. The van der Waals surface area contributed by atoms with Gasteiger partial charge in [-0.05, 0) is 64.8 Å². The van der Waals surface area contributed by atoms with Crippen molar-refractivity contribution in [3.05, 3.63) is 11.1 Å². The Kier molecular flexibility index (Phi) is 6.38. The maximum atomic E-state index is 12.8. The van der Waals surface area contributed by atoms with Crippen LogP contribution in [0.2, 0.25) is 0 Å². The molecule has 1 atom stereocenters. The second-order valence-electron chi connectivity index (χ2n) is 8.15. The fraction of sp³-hybridized carbons (Fsp3) is 0.810. The van der Waals surface area contributed by atoms with Gasteiger partial charge in [-0.2, -0.15) is 0 Å². The molecule has 1 saturated heterocycles. The number of nitrogens with one attached hydrogen (secondary N) is 1. The Morgan fingerprint density at radius 2 is 2.00 bits per heavy atom. The lowest BCUT2D eigenvalue weighted by molar-refractivity contribution is -0.149. The molecule has 3 aliphatic rings. The van der Waals surface area contributed by atoms with Crippen LogP contribution < -0.4 is 5.32 Å². The van der Waals surface area contributed by atoms with Gasteiger partial charge >= 0.3 is 5.97 Å². The number of likely N-dealkylation sites (tertiary alicyclic amines) is 1. The van der Waals surface area contributed by atoms with E-state index < -0.39 is 5.60 Å². The van der Waals surface area contributed by atoms with Gasteiger partial charge in [0.1, 0.15) is 5.60 Å². The highest BCUT2D eigenvalue weighted by atomic mass is 16.6. The van der Waals surface area contributed by atoms with E-state index in [1.54, 1.807) is 6.92 Å². The van der Waals surface area contributed by atoms with E-state index in [0.717, 1.165) is 45.1 Å². The van der Waals surface area contributed by atoms with Crippen LogP contribution >= 0.6 is 0 Å². The number of rotatable bonds is 6. The molecule has 1 amide bonds. The first-order valence-corrected chi connectivity index (χ1v) is 10.5. The molecule has 2 aliphatic heterocycles. The van der Waals surface area contributed by atoms with Gasteiger partial charge in [-0.1, -0.05) is 19.8 Å². The minimum absolute atomic E-state index is 0.0964. The molecule has 0 aromatic heterocycles. The van der Waals surface area contributed by atoms with Crippen LogP contribution in [-0.4, -0.2) is 48.1 Å². The Morgan fingerprint density at radius 1 is 1.23 bits per heavy atom. The van der Waals surface area contributed by atoms with Crippen molar-refractivity contribution >= 4 is 11.9 Å². The number of carbonyl (C=O) groups excluding carboxylic acids is 2. The smallest absolute Gasteiger partial charge is 0.335 e. The number of amides is 1. The van der Waals surface area contributed by atoms with Crippen LogP contribution in [0.25, 0.3) is 0 Å². The summed E-state index contributed by atoms with van der Waals surface area (Å²) in [7, 11) is 0. The molecule has 0 aromatic rings. The lowest BCUT2D eigenvalue weighted by Gasteiger charge is -2.35. The zero-order valence-corrected chi connectivity index (χ0v) is 16.4. The Morgan fingerprint density at radius 3 is 2.73 bits per heavy atom. The first-order valence-electron chi connectivity index (χ1n) is 10.5. The van der Waals surface area contributed by atoms with Gasteiger partial charge < -0.3 is 15.0 Å². The van der Waals surface area contributed by atoms with Gasteiger partial charge in [0.05, 0.1) is 5.57 Å². The predicted molar refractivity (Wildman–Crippen MR) is 102 cm³/mol. The minimum Gasteiger partial charge on any atom is -0.451 e. The summed E-state index contributed by atoms with van der Waals surface area (Å²) in [4.78, 5) is 27.5. The molecule has 0 radical (unpaired) electrons. The fourth-order valence-corrected chi connectivity index (χ4v) is 4.99. The third-order valence-electron chi connectivity index (χ3n) is 6.44. The molecule has 0 aromatic carbocycles. The lowest BCUT2D eigenvalue weighted by Crippen LogP contribution is -2.43. The largest absolute Gasteiger partial charge is 0.451 e. The van der Waals surface area contributed by atoms with Gasteiger partial charge in [0.25, 0.3) is 5.91 Å². The highest BCUT2D eigenvalue weighted by Gasteiger charge is 2.49. The van der Waals surface area contributed by atoms with Crippen molar-refractivity contribution in [2.24, 2.45) is 0 Å². The van der Waals surface area contributed by atoms with E-state index in [4.69, 9.17) is 4.74 Å². The lowest BCUT2D eigenvalue weighted by atomic mass is 9.78. The van der Waals surface area contributed by atoms with Crippen molar-refractivity contribution in [1.82, 2.24) is 10.2 Å². The molecule has 1 N–H and O–H groups in total. The SMILES string of the molecule is CCC1CCCCN1CCCNC(=O)C1=C(C)C(=O)OC12CCCCC2. The molecule has 5 heteroatoms. The van der Waals surface area contributed by atoms with Crippen molar-refractivity contribution in [2.45, 2.75) is 89.7 Å². The number of esters is 1.